The largest absolute Gasteiger partial charge is 0.498 e. The molecule has 3 heterocycles. The summed E-state index contributed by atoms with van der Waals surface area (Å²) in [5.41, 5.74) is -0.751. The van der Waals surface area contributed by atoms with Gasteiger partial charge in [-0.05, 0) is 40.5 Å². The molecule has 1 aromatic heterocycles. The highest BCUT2D eigenvalue weighted by Crippen LogP contribution is 2.40. The van der Waals surface area contributed by atoms with Gasteiger partial charge < -0.3 is 9.31 Å². The molecule has 0 aromatic carbocycles. The van der Waals surface area contributed by atoms with Crippen molar-refractivity contribution < 1.29 is 17.7 Å². The van der Waals surface area contributed by atoms with Crippen LogP contribution in [0.5, 0.6) is 0 Å². The Morgan fingerprint density at radius 1 is 1.26 bits per heavy atom. The lowest BCUT2D eigenvalue weighted by Crippen LogP contribution is -2.64. The molecule has 1 aromatic rings. The molecule has 146 valence electrons. The Morgan fingerprint density at radius 2 is 1.85 bits per heavy atom. The van der Waals surface area contributed by atoms with Crippen molar-refractivity contribution in [2.75, 3.05) is 13.1 Å². The number of nitrogens with zero attached hydrogens (tertiary/aromatic N) is 4. The van der Waals surface area contributed by atoms with Gasteiger partial charge in [-0.1, -0.05) is 0 Å². The molecule has 0 radical (unpaired) electrons. The minimum Gasteiger partial charge on any atom is -0.399 e. The normalized spacial score (nSPS) is 26.6. The Morgan fingerprint density at radius 3 is 2.37 bits per heavy atom. The van der Waals surface area contributed by atoms with Crippen LogP contribution in [0.4, 0.5) is 0 Å². The second kappa shape index (κ2) is 5.80. The molecule has 1 saturated carbocycles. The molecule has 4 rings (SSSR count). The van der Waals surface area contributed by atoms with Crippen LogP contribution >= 0.6 is 0 Å². The fraction of sp³-hybridized carbons (Fsp3) is 0.765. The summed E-state index contributed by atoms with van der Waals surface area (Å²) in [6, 6.07) is 2.19. The number of hydrogen-bond donors (Lipinski definition) is 0. The fourth-order valence-electron chi connectivity index (χ4n) is 3.55. The summed E-state index contributed by atoms with van der Waals surface area (Å²) in [4.78, 5) is 0. The molecular weight excluding hydrogens is 367 g/mol. The van der Waals surface area contributed by atoms with Crippen molar-refractivity contribution in [1.82, 2.24) is 14.1 Å². The summed E-state index contributed by atoms with van der Waals surface area (Å²) in [5.74, 6) is 0. The molecule has 1 aliphatic carbocycles. The van der Waals surface area contributed by atoms with Gasteiger partial charge in [0, 0.05) is 30.9 Å². The van der Waals surface area contributed by atoms with E-state index < -0.39 is 33.9 Å². The second-order valence-electron chi connectivity index (χ2n) is 8.88. The summed E-state index contributed by atoms with van der Waals surface area (Å²) in [6.07, 6.45) is 5.17. The average molecular weight is 392 g/mol. The summed E-state index contributed by atoms with van der Waals surface area (Å²) >= 11 is 0. The van der Waals surface area contributed by atoms with Gasteiger partial charge in [0.2, 0.25) is 10.0 Å². The Balaban J connectivity index is 1.54. The predicted molar refractivity (Wildman–Crippen MR) is 99.7 cm³/mol. The smallest absolute Gasteiger partial charge is 0.399 e. The first-order valence-electron chi connectivity index (χ1n) is 9.27. The molecule has 3 fully saturated rings. The van der Waals surface area contributed by atoms with Crippen LogP contribution in [0.25, 0.3) is 0 Å². The van der Waals surface area contributed by atoms with E-state index in [0.29, 0.717) is 0 Å². The number of rotatable bonds is 5. The molecule has 27 heavy (non-hydrogen) atoms. The highest BCUT2D eigenvalue weighted by Gasteiger charge is 2.55. The van der Waals surface area contributed by atoms with Crippen LogP contribution in [-0.4, -0.2) is 59.2 Å². The second-order valence-corrected chi connectivity index (χ2v) is 11.1. The quantitative estimate of drug-likeness (QED) is 0.681. The molecule has 0 amide bonds. The maximum atomic E-state index is 12.4. The Kier molecular flexibility index (Phi) is 4.07. The number of nitriles is 1. The van der Waals surface area contributed by atoms with Crippen LogP contribution in [-0.2, 0) is 24.9 Å². The van der Waals surface area contributed by atoms with Gasteiger partial charge in [0.05, 0.1) is 28.9 Å². The summed E-state index contributed by atoms with van der Waals surface area (Å²) in [6.45, 7) is 8.51. The van der Waals surface area contributed by atoms with E-state index in [4.69, 9.17) is 9.31 Å². The Hall–Kier alpha value is -1.41. The monoisotopic (exact) mass is 392 g/mol. The first-order valence-corrected chi connectivity index (χ1v) is 10.8. The number of sulfonamides is 1. The molecule has 10 heteroatoms. The topological polar surface area (TPSA) is 97.5 Å². The fourth-order valence-corrected chi connectivity index (χ4v) is 5.54. The van der Waals surface area contributed by atoms with Crippen LogP contribution in [0.2, 0.25) is 0 Å². The highest BCUT2D eigenvalue weighted by molar-refractivity contribution is 7.90. The lowest BCUT2D eigenvalue weighted by Gasteiger charge is -2.48. The maximum Gasteiger partial charge on any atom is 0.498 e. The molecule has 0 spiro atoms. The van der Waals surface area contributed by atoms with Gasteiger partial charge >= 0.3 is 7.12 Å². The van der Waals surface area contributed by atoms with Crippen LogP contribution in [0.3, 0.4) is 0 Å². The minimum absolute atomic E-state index is 0.203. The lowest BCUT2D eigenvalue weighted by atomic mass is 9.81. The van der Waals surface area contributed by atoms with Crippen molar-refractivity contribution in [3.05, 3.63) is 12.4 Å². The Labute approximate surface area is 160 Å². The van der Waals surface area contributed by atoms with Crippen LogP contribution in [0, 0.1) is 11.3 Å². The molecule has 2 saturated heterocycles. The van der Waals surface area contributed by atoms with Gasteiger partial charge in [0.1, 0.15) is 5.54 Å². The zero-order valence-corrected chi connectivity index (χ0v) is 17.0. The molecule has 0 unspecified atom stereocenters. The van der Waals surface area contributed by atoms with Crippen molar-refractivity contribution in [3.8, 4) is 6.07 Å². The number of aromatic nitrogens is 2. The lowest BCUT2D eigenvalue weighted by molar-refractivity contribution is 0.00578. The molecular formula is C17H25BN4O4S. The van der Waals surface area contributed by atoms with Gasteiger partial charge in [-0.15, -0.1) is 0 Å². The van der Waals surface area contributed by atoms with Crippen LogP contribution in [0.1, 0.15) is 47.0 Å². The summed E-state index contributed by atoms with van der Waals surface area (Å²) in [5, 5.41) is 13.5. The van der Waals surface area contributed by atoms with E-state index in [-0.39, 0.29) is 24.8 Å². The molecule has 0 bridgehead atoms. The van der Waals surface area contributed by atoms with E-state index in [1.807, 2.05) is 33.9 Å². The highest BCUT2D eigenvalue weighted by atomic mass is 32.2. The summed E-state index contributed by atoms with van der Waals surface area (Å²) in [7, 11) is -3.77. The predicted octanol–water partition coefficient (Wildman–Crippen LogP) is 0.599. The summed E-state index contributed by atoms with van der Waals surface area (Å²) < 4.78 is 40.2. The van der Waals surface area contributed by atoms with E-state index in [0.717, 1.165) is 18.3 Å². The van der Waals surface area contributed by atoms with Gasteiger partial charge in [0.25, 0.3) is 0 Å². The van der Waals surface area contributed by atoms with Gasteiger partial charge in [-0.2, -0.15) is 14.7 Å². The van der Waals surface area contributed by atoms with E-state index in [2.05, 4.69) is 11.2 Å². The van der Waals surface area contributed by atoms with Crippen LogP contribution in [0.15, 0.2) is 12.4 Å². The standard InChI is InChI=1S/C17H25BN4O4S/c1-15(2)16(3,4)26-18(25-15)13-9-20-22(10-13)17(7-8-19)11-21(12-17)27(23,24)14-5-6-14/h9-10,14H,5-7,11-12H2,1-4H3. The first-order chi connectivity index (χ1) is 12.5. The third-order valence-corrected chi connectivity index (χ3v) is 8.56. The van der Waals surface area contributed by atoms with Crippen molar-refractivity contribution in [2.45, 2.75) is 68.9 Å². The van der Waals surface area contributed by atoms with Crippen molar-refractivity contribution in [2.24, 2.45) is 0 Å². The molecule has 0 atom stereocenters. The average Bonchev–Trinajstić information content (AvgIpc) is 3.23. The third-order valence-electron chi connectivity index (χ3n) is 6.27. The first kappa shape index (κ1) is 18.9. The van der Waals surface area contributed by atoms with E-state index in [1.165, 1.54) is 4.31 Å². The van der Waals surface area contributed by atoms with Crippen molar-refractivity contribution in [1.29, 1.82) is 5.26 Å². The molecule has 0 N–H and O–H groups in total. The molecule has 3 aliphatic rings. The minimum atomic E-state index is -3.23. The van der Waals surface area contributed by atoms with Gasteiger partial charge in [-0.25, -0.2) is 8.42 Å². The van der Waals surface area contributed by atoms with Crippen molar-refractivity contribution in [3.63, 3.8) is 0 Å². The van der Waals surface area contributed by atoms with Crippen LogP contribution < -0.4 is 5.46 Å². The Bertz CT molecular complexity index is 878. The molecule has 2 aliphatic heterocycles. The van der Waals surface area contributed by atoms with Crippen molar-refractivity contribution >= 4 is 22.6 Å². The zero-order valence-electron chi connectivity index (χ0n) is 16.2. The maximum absolute atomic E-state index is 12.4. The van der Waals surface area contributed by atoms with E-state index >= 15 is 0 Å². The van der Waals surface area contributed by atoms with E-state index in [9.17, 15) is 13.7 Å². The third kappa shape index (κ3) is 2.92. The molecule has 8 nitrogen and oxygen atoms in total. The zero-order chi connectivity index (χ0) is 19.7. The van der Waals surface area contributed by atoms with Gasteiger partial charge in [-0.3, -0.25) is 4.68 Å². The van der Waals surface area contributed by atoms with E-state index in [1.54, 1.807) is 10.9 Å². The van der Waals surface area contributed by atoms with Gasteiger partial charge in [0.15, 0.2) is 0 Å². The SMILES string of the molecule is CC1(C)OB(c2cnn(C3(CC#N)CN(S(=O)(=O)C4CC4)C3)c2)OC1(C)C. The number of hydrogen-bond acceptors (Lipinski definition) is 6.